The molecule has 154 valence electrons. The van der Waals surface area contributed by atoms with Crippen LogP contribution in [0.3, 0.4) is 0 Å². The van der Waals surface area contributed by atoms with Crippen molar-refractivity contribution in [3.63, 3.8) is 0 Å². The molecule has 0 fully saturated rings. The van der Waals surface area contributed by atoms with Gasteiger partial charge in [0.25, 0.3) is 0 Å². The van der Waals surface area contributed by atoms with Gasteiger partial charge in [0.1, 0.15) is 5.84 Å². The van der Waals surface area contributed by atoms with Gasteiger partial charge in [0.05, 0.1) is 15.7 Å². The number of carbonyl (C=O) groups is 2. The Morgan fingerprint density at radius 1 is 1.07 bits per heavy atom. The molecule has 0 unspecified atom stereocenters. The van der Waals surface area contributed by atoms with E-state index in [1.807, 2.05) is 6.07 Å². The number of amides is 2. The monoisotopic (exact) mass is 427 g/mol. The maximum Gasteiger partial charge on any atom is 0.225 e. The van der Waals surface area contributed by atoms with Crippen LogP contribution in [0.15, 0.2) is 23.3 Å². The average molecular weight is 428 g/mol. The number of hydrogen-bond donors (Lipinski definition) is 3. The van der Waals surface area contributed by atoms with Crippen molar-refractivity contribution in [2.24, 2.45) is 10.8 Å². The van der Waals surface area contributed by atoms with Gasteiger partial charge in [-0.05, 0) is 44.0 Å². The van der Waals surface area contributed by atoms with Gasteiger partial charge in [-0.25, -0.2) is 0 Å². The van der Waals surface area contributed by atoms with E-state index in [9.17, 15) is 9.59 Å². The topological polar surface area (TPSA) is 99.8 Å². The van der Waals surface area contributed by atoms with E-state index in [4.69, 9.17) is 28.9 Å². The zero-order valence-electron chi connectivity index (χ0n) is 15.8. The van der Waals surface area contributed by atoms with Gasteiger partial charge < -0.3 is 16.4 Å². The minimum atomic E-state index is -0.105. The lowest BCUT2D eigenvalue weighted by atomic mass is 10.2. The van der Waals surface area contributed by atoms with Crippen LogP contribution in [0.4, 0.5) is 5.69 Å². The molecule has 0 saturated heterocycles. The van der Waals surface area contributed by atoms with Gasteiger partial charge in [-0.15, -0.1) is 0 Å². The third-order valence-corrected chi connectivity index (χ3v) is 5.04. The normalized spacial score (nSPS) is 13.4. The fourth-order valence-electron chi connectivity index (χ4n) is 2.77. The molecule has 0 bridgehead atoms. The fraction of sp³-hybridized carbons (Fsp3) is 0.526. The van der Waals surface area contributed by atoms with E-state index in [-0.39, 0.29) is 11.8 Å². The van der Waals surface area contributed by atoms with Crippen LogP contribution in [0.5, 0.6) is 0 Å². The lowest BCUT2D eigenvalue weighted by Crippen LogP contribution is -2.30. The van der Waals surface area contributed by atoms with Crippen molar-refractivity contribution in [2.45, 2.75) is 44.9 Å². The number of amidine groups is 1. The zero-order chi connectivity index (χ0) is 20.4. The maximum absolute atomic E-state index is 12.1. The molecule has 1 aliphatic rings. The number of nitrogens with one attached hydrogen (secondary N) is 2. The molecule has 2 amide bonds. The number of hydrazone groups is 1. The summed E-state index contributed by atoms with van der Waals surface area (Å²) in [5.41, 5.74) is 6.25. The molecule has 0 aliphatic carbocycles. The third kappa shape index (κ3) is 7.66. The third-order valence-electron chi connectivity index (χ3n) is 4.30. The number of rotatable bonds is 10. The van der Waals surface area contributed by atoms with Gasteiger partial charge in [-0.3, -0.25) is 14.6 Å². The number of nitrogens with zero attached hydrogens (tertiary/aromatic N) is 2. The zero-order valence-corrected chi connectivity index (χ0v) is 17.4. The highest BCUT2D eigenvalue weighted by Crippen LogP contribution is 2.28. The van der Waals surface area contributed by atoms with Crippen LogP contribution in [0.25, 0.3) is 0 Å². The van der Waals surface area contributed by atoms with E-state index in [1.165, 1.54) is 0 Å². The second-order valence-corrected chi connectivity index (χ2v) is 7.43. The smallest absolute Gasteiger partial charge is 0.225 e. The van der Waals surface area contributed by atoms with Crippen LogP contribution < -0.4 is 21.4 Å². The number of carbonyl (C=O) groups excluding carboxylic acids is 2. The predicted octanol–water partition coefficient (Wildman–Crippen LogP) is 3.05. The standard InChI is InChI=1S/C19H27Cl2N5O2/c20-15-8-7-14(13-16(15)21)26-12-9-17(25-26)24-19(28)6-4-11-23-18(27)5-2-1-3-10-22/h7-8,13H,1-6,9-12,22H2,(H,23,27)(H,24,25,28). The van der Waals surface area contributed by atoms with Crippen LogP contribution in [-0.2, 0) is 9.59 Å². The number of nitrogens with two attached hydrogens (primary N) is 1. The molecule has 0 atom stereocenters. The quantitative estimate of drug-likeness (QED) is 0.499. The van der Waals surface area contributed by atoms with Crippen molar-refractivity contribution in [1.82, 2.24) is 10.6 Å². The first-order chi connectivity index (χ1) is 13.5. The summed E-state index contributed by atoms with van der Waals surface area (Å²) < 4.78 is 0. The summed E-state index contributed by atoms with van der Waals surface area (Å²) in [6, 6.07) is 5.30. The van der Waals surface area contributed by atoms with Gasteiger partial charge in [-0.1, -0.05) is 29.6 Å². The number of halogens is 2. The molecule has 4 N–H and O–H groups in total. The first-order valence-electron chi connectivity index (χ1n) is 9.56. The Morgan fingerprint density at radius 3 is 2.61 bits per heavy atom. The molecule has 2 rings (SSSR count). The van der Waals surface area contributed by atoms with Crippen LogP contribution in [0.2, 0.25) is 10.0 Å². The lowest BCUT2D eigenvalue weighted by molar-refractivity contribution is -0.122. The SMILES string of the molecule is NCCCCCC(=O)NCCCC(=O)NC1=NN(c2ccc(Cl)c(Cl)c2)CC1. The largest absolute Gasteiger partial charge is 0.356 e. The number of hydrogen-bond acceptors (Lipinski definition) is 5. The molecule has 0 saturated carbocycles. The van der Waals surface area contributed by atoms with Gasteiger partial charge in [-0.2, -0.15) is 5.10 Å². The van der Waals surface area contributed by atoms with Crippen molar-refractivity contribution >= 4 is 46.5 Å². The highest BCUT2D eigenvalue weighted by Gasteiger charge is 2.18. The second kappa shape index (κ2) is 11.9. The van der Waals surface area contributed by atoms with Crippen molar-refractivity contribution in [3.8, 4) is 0 Å². The summed E-state index contributed by atoms with van der Waals surface area (Å²) in [4.78, 5) is 23.7. The highest BCUT2D eigenvalue weighted by molar-refractivity contribution is 6.42. The van der Waals surface area contributed by atoms with Gasteiger partial charge in [0.15, 0.2) is 0 Å². The Morgan fingerprint density at radius 2 is 1.86 bits per heavy atom. The minimum Gasteiger partial charge on any atom is -0.356 e. The Bertz CT molecular complexity index is 712. The van der Waals surface area contributed by atoms with E-state index >= 15 is 0 Å². The Balaban J connectivity index is 1.65. The van der Waals surface area contributed by atoms with E-state index in [1.54, 1.807) is 17.1 Å². The van der Waals surface area contributed by atoms with Crippen LogP contribution in [0, 0.1) is 0 Å². The van der Waals surface area contributed by atoms with Gasteiger partial charge in [0, 0.05) is 32.4 Å². The van der Waals surface area contributed by atoms with Crippen LogP contribution in [-0.4, -0.2) is 37.3 Å². The summed E-state index contributed by atoms with van der Waals surface area (Å²) in [6.45, 7) is 1.81. The summed E-state index contributed by atoms with van der Waals surface area (Å²) in [6.07, 6.45) is 4.83. The molecule has 1 aliphatic heterocycles. The molecule has 28 heavy (non-hydrogen) atoms. The van der Waals surface area contributed by atoms with Gasteiger partial charge >= 0.3 is 0 Å². The van der Waals surface area contributed by atoms with Gasteiger partial charge in [0.2, 0.25) is 11.8 Å². The predicted molar refractivity (Wildman–Crippen MR) is 114 cm³/mol. The van der Waals surface area contributed by atoms with E-state index in [0.717, 1.165) is 24.9 Å². The number of benzene rings is 1. The molecule has 1 aromatic rings. The molecule has 9 heteroatoms. The molecule has 1 aromatic carbocycles. The molecule has 1 heterocycles. The summed E-state index contributed by atoms with van der Waals surface area (Å²) in [7, 11) is 0. The average Bonchev–Trinajstić information content (AvgIpc) is 3.13. The van der Waals surface area contributed by atoms with Crippen molar-refractivity contribution in [2.75, 3.05) is 24.6 Å². The van der Waals surface area contributed by atoms with Crippen molar-refractivity contribution in [3.05, 3.63) is 28.2 Å². The Labute approximate surface area is 175 Å². The minimum absolute atomic E-state index is 0.0230. The van der Waals surface area contributed by atoms with E-state index in [0.29, 0.717) is 61.2 Å². The van der Waals surface area contributed by atoms with E-state index in [2.05, 4.69) is 15.7 Å². The maximum atomic E-state index is 12.1. The van der Waals surface area contributed by atoms with E-state index < -0.39 is 0 Å². The summed E-state index contributed by atoms with van der Waals surface area (Å²) in [5.74, 6) is 0.543. The molecule has 7 nitrogen and oxygen atoms in total. The lowest BCUT2D eigenvalue weighted by Gasteiger charge is -2.13. The molecule has 0 spiro atoms. The molecular weight excluding hydrogens is 401 g/mol. The van der Waals surface area contributed by atoms with Crippen molar-refractivity contribution in [1.29, 1.82) is 0 Å². The number of anilines is 1. The summed E-state index contributed by atoms with van der Waals surface area (Å²) >= 11 is 12.0. The fourth-order valence-corrected chi connectivity index (χ4v) is 3.07. The van der Waals surface area contributed by atoms with Crippen molar-refractivity contribution < 1.29 is 9.59 Å². The second-order valence-electron chi connectivity index (χ2n) is 6.62. The molecule has 0 aromatic heterocycles. The highest BCUT2D eigenvalue weighted by atomic mass is 35.5. The Kier molecular flexibility index (Phi) is 9.54. The number of unbranched alkanes of at least 4 members (excludes halogenated alkanes) is 2. The first-order valence-corrected chi connectivity index (χ1v) is 10.3. The molecular formula is C19H27Cl2N5O2. The Hall–Kier alpha value is -1.83. The summed E-state index contributed by atoms with van der Waals surface area (Å²) in [5, 5.41) is 12.8. The van der Waals surface area contributed by atoms with Crippen LogP contribution >= 0.6 is 23.2 Å². The first kappa shape index (κ1) is 22.5. The van der Waals surface area contributed by atoms with Crippen LogP contribution in [0.1, 0.15) is 44.9 Å². The molecule has 0 radical (unpaired) electrons.